The lowest BCUT2D eigenvalue weighted by molar-refractivity contribution is 0.777. The van der Waals surface area contributed by atoms with E-state index in [0.29, 0.717) is 11.1 Å². The first kappa shape index (κ1) is 11.8. The highest BCUT2D eigenvalue weighted by Crippen LogP contribution is 2.15. The van der Waals surface area contributed by atoms with E-state index in [0.717, 1.165) is 6.42 Å². The molecule has 1 unspecified atom stereocenters. The van der Waals surface area contributed by atoms with E-state index in [4.69, 9.17) is 11.1 Å². The molecular formula is C9H20N2S. The van der Waals surface area contributed by atoms with E-state index in [1.807, 2.05) is 11.8 Å². The zero-order chi connectivity index (χ0) is 9.40. The predicted octanol–water partition coefficient (Wildman–Crippen LogP) is 2.62. The van der Waals surface area contributed by atoms with E-state index in [9.17, 15) is 0 Å². The van der Waals surface area contributed by atoms with Crippen LogP contribution in [0.25, 0.3) is 0 Å². The number of rotatable bonds is 7. The zero-order valence-corrected chi connectivity index (χ0v) is 8.91. The fourth-order valence-corrected chi connectivity index (χ4v) is 2.08. The van der Waals surface area contributed by atoms with Crippen LogP contribution >= 0.6 is 11.8 Å². The molecule has 0 spiro atoms. The van der Waals surface area contributed by atoms with Crippen LogP contribution in [0.1, 0.15) is 39.5 Å². The van der Waals surface area contributed by atoms with Crippen LogP contribution in [-0.4, -0.2) is 16.8 Å². The Balaban J connectivity index is 3.19. The highest BCUT2D eigenvalue weighted by molar-refractivity contribution is 7.99. The first-order chi connectivity index (χ1) is 5.66. The van der Waals surface area contributed by atoms with Gasteiger partial charge in [-0.05, 0) is 12.2 Å². The SMILES string of the molecule is CCCCCSC(C)CC(=N)N. The number of amidine groups is 1. The maximum atomic E-state index is 7.11. The molecule has 1 atom stereocenters. The van der Waals surface area contributed by atoms with Gasteiger partial charge in [0.15, 0.2) is 0 Å². The molecule has 0 saturated heterocycles. The molecule has 3 N–H and O–H groups in total. The van der Waals surface area contributed by atoms with Crippen molar-refractivity contribution in [2.75, 3.05) is 5.75 Å². The Kier molecular flexibility index (Phi) is 7.36. The van der Waals surface area contributed by atoms with Crippen LogP contribution in [-0.2, 0) is 0 Å². The normalized spacial score (nSPS) is 12.8. The van der Waals surface area contributed by atoms with Crippen LogP contribution < -0.4 is 5.73 Å². The second-order valence-corrected chi connectivity index (χ2v) is 4.66. The van der Waals surface area contributed by atoms with Crippen molar-refractivity contribution in [3.8, 4) is 0 Å². The molecule has 2 nitrogen and oxygen atoms in total. The molecule has 0 rings (SSSR count). The van der Waals surface area contributed by atoms with Crippen LogP contribution in [0.4, 0.5) is 0 Å². The Hall–Kier alpha value is -0.180. The molecule has 0 heterocycles. The molecule has 0 fully saturated rings. The predicted molar refractivity (Wildman–Crippen MR) is 58.0 cm³/mol. The van der Waals surface area contributed by atoms with Crippen molar-refractivity contribution < 1.29 is 0 Å². The molecule has 0 saturated carbocycles. The summed E-state index contributed by atoms with van der Waals surface area (Å²) in [6.07, 6.45) is 4.63. The molecule has 0 aliphatic carbocycles. The smallest absolute Gasteiger partial charge is 0.0916 e. The molecule has 0 bridgehead atoms. The van der Waals surface area contributed by atoms with Gasteiger partial charge in [0.1, 0.15) is 0 Å². The van der Waals surface area contributed by atoms with E-state index in [1.54, 1.807) is 0 Å². The molecule has 0 aliphatic heterocycles. The maximum Gasteiger partial charge on any atom is 0.0916 e. The number of hydrogen-bond acceptors (Lipinski definition) is 2. The van der Waals surface area contributed by atoms with E-state index < -0.39 is 0 Å². The average Bonchev–Trinajstić information content (AvgIpc) is 1.97. The highest BCUT2D eigenvalue weighted by atomic mass is 32.2. The third kappa shape index (κ3) is 7.92. The molecule has 72 valence electrons. The van der Waals surface area contributed by atoms with Crippen LogP contribution in [0.15, 0.2) is 0 Å². The van der Waals surface area contributed by atoms with E-state index in [2.05, 4.69) is 13.8 Å². The zero-order valence-electron chi connectivity index (χ0n) is 8.10. The van der Waals surface area contributed by atoms with Gasteiger partial charge in [0, 0.05) is 11.7 Å². The standard InChI is InChI=1S/C9H20N2S/c1-3-4-5-6-12-8(2)7-9(10)11/h8H,3-7H2,1-2H3,(H3,10,11). The fraction of sp³-hybridized carbons (Fsp3) is 0.889. The van der Waals surface area contributed by atoms with Gasteiger partial charge < -0.3 is 5.73 Å². The maximum absolute atomic E-state index is 7.11. The summed E-state index contributed by atoms with van der Waals surface area (Å²) in [5, 5.41) is 7.62. The van der Waals surface area contributed by atoms with Crippen molar-refractivity contribution in [1.29, 1.82) is 5.41 Å². The summed E-state index contributed by atoms with van der Waals surface area (Å²) < 4.78 is 0. The summed E-state index contributed by atoms with van der Waals surface area (Å²) >= 11 is 1.92. The first-order valence-electron chi connectivity index (χ1n) is 4.61. The van der Waals surface area contributed by atoms with Crippen LogP contribution in [0.5, 0.6) is 0 Å². The van der Waals surface area contributed by atoms with Gasteiger partial charge in [0.2, 0.25) is 0 Å². The second kappa shape index (κ2) is 7.47. The van der Waals surface area contributed by atoms with Gasteiger partial charge in [0.25, 0.3) is 0 Å². The minimum absolute atomic E-state index is 0.311. The van der Waals surface area contributed by atoms with Crippen molar-refractivity contribution in [3.05, 3.63) is 0 Å². The van der Waals surface area contributed by atoms with Crippen molar-refractivity contribution in [2.24, 2.45) is 5.73 Å². The molecule has 0 aliphatic rings. The second-order valence-electron chi connectivity index (χ2n) is 3.12. The van der Waals surface area contributed by atoms with Gasteiger partial charge >= 0.3 is 0 Å². The Morgan fingerprint density at radius 2 is 2.17 bits per heavy atom. The summed E-state index contributed by atoms with van der Waals surface area (Å²) in [6.45, 7) is 4.35. The summed E-state index contributed by atoms with van der Waals surface area (Å²) in [4.78, 5) is 0. The minimum Gasteiger partial charge on any atom is -0.388 e. The Morgan fingerprint density at radius 1 is 1.50 bits per heavy atom. The lowest BCUT2D eigenvalue weighted by atomic mass is 10.3. The molecular weight excluding hydrogens is 168 g/mol. The first-order valence-corrected chi connectivity index (χ1v) is 5.66. The number of nitrogens with two attached hydrogens (primary N) is 1. The minimum atomic E-state index is 0.311. The summed E-state index contributed by atoms with van der Waals surface area (Å²) in [7, 11) is 0. The quantitative estimate of drug-likeness (QED) is 0.366. The molecule has 0 aromatic heterocycles. The molecule has 0 radical (unpaired) electrons. The Bertz CT molecular complexity index is 126. The molecule has 0 aromatic rings. The third-order valence-corrected chi connectivity index (χ3v) is 2.92. The third-order valence-electron chi connectivity index (χ3n) is 1.66. The summed E-state index contributed by atoms with van der Waals surface area (Å²) in [6, 6.07) is 0. The van der Waals surface area contributed by atoms with Gasteiger partial charge in [-0.3, -0.25) is 5.41 Å². The fourth-order valence-electron chi connectivity index (χ4n) is 1.01. The van der Waals surface area contributed by atoms with Gasteiger partial charge in [-0.2, -0.15) is 11.8 Å². The van der Waals surface area contributed by atoms with Crippen molar-refractivity contribution in [2.45, 2.75) is 44.8 Å². The monoisotopic (exact) mass is 188 g/mol. The van der Waals surface area contributed by atoms with Crippen molar-refractivity contribution in [1.82, 2.24) is 0 Å². The lowest BCUT2D eigenvalue weighted by Crippen LogP contribution is -2.15. The van der Waals surface area contributed by atoms with Crippen LogP contribution in [0.3, 0.4) is 0 Å². The van der Waals surface area contributed by atoms with Crippen molar-refractivity contribution in [3.63, 3.8) is 0 Å². The van der Waals surface area contributed by atoms with E-state index >= 15 is 0 Å². The Morgan fingerprint density at radius 3 is 2.67 bits per heavy atom. The number of hydrogen-bond donors (Lipinski definition) is 2. The Labute approximate surface area is 79.8 Å². The number of nitrogens with one attached hydrogen (secondary N) is 1. The highest BCUT2D eigenvalue weighted by Gasteiger charge is 2.02. The van der Waals surface area contributed by atoms with Crippen molar-refractivity contribution >= 4 is 17.6 Å². The van der Waals surface area contributed by atoms with Crippen LogP contribution in [0, 0.1) is 5.41 Å². The molecule has 0 aromatic carbocycles. The van der Waals surface area contributed by atoms with E-state index in [-0.39, 0.29) is 0 Å². The largest absolute Gasteiger partial charge is 0.388 e. The van der Waals surface area contributed by atoms with Gasteiger partial charge in [-0.15, -0.1) is 0 Å². The lowest BCUT2D eigenvalue weighted by Gasteiger charge is -2.08. The molecule has 12 heavy (non-hydrogen) atoms. The topological polar surface area (TPSA) is 49.9 Å². The van der Waals surface area contributed by atoms with E-state index in [1.165, 1.54) is 25.0 Å². The van der Waals surface area contributed by atoms with Gasteiger partial charge in [-0.1, -0.05) is 26.7 Å². The summed E-state index contributed by atoms with van der Waals surface area (Å²) in [5.41, 5.74) is 5.29. The van der Waals surface area contributed by atoms with Gasteiger partial charge in [0.05, 0.1) is 5.84 Å². The number of unbranched alkanes of at least 4 members (excludes halogenated alkanes) is 2. The average molecular weight is 188 g/mol. The number of thioether (sulfide) groups is 1. The molecule has 3 heteroatoms. The molecule has 0 amide bonds. The summed E-state index contributed by atoms with van der Waals surface area (Å²) in [5.74, 6) is 1.52. The van der Waals surface area contributed by atoms with Crippen LogP contribution in [0.2, 0.25) is 0 Å². The van der Waals surface area contributed by atoms with Gasteiger partial charge in [-0.25, -0.2) is 0 Å².